The Balaban J connectivity index is 1.20. The number of ether oxygens (including phenoxy) is 2. The summed E-state index contributed by atoms with van der Waals surface area (Å²) >= 11 is 0. The minimum Gasteiger partial charge on any atom is -0.454 e. The predicted octanol–water partition coefficient (Wildman–Crippen LogP) is 3.23. The first-order valence-electron chi connectivity index (χ1n) is 10.3. The summed E-state index contributed by atoms with van der Waals surface area (Å²) in [4.78, 5) is 25.5. The number of rotatable bonds is 4. The van der Waals surface area contributed by atoms with Gasteiger partial charge in [-0.05, 0) is 23.8 Å². The third-order valence-corrected chi connectivity index (χ3v) is 5.45. The Bertz CT molecular complexity index is 1110. The minimum absolute atomic E-state index is 0.00461. The van der Waals surface area contributed by atoms with Gasteiger partial charge in [-0.15, -0.1) is 0 Å². The largest absolute Gasteiger partial charge is 0.454 e. The van der Waals surface area contributed by atoms with Crippen molar-refractivity contribution in [2.45, 2.75) is 0 Å². The maximum atomic E-state index is 12.6. The van der Waals surface area contributed by atoms with Gasteiger partial charge in [0.05, 0.1) is 5.69 Å². The van der Waals surface area contributed by atoms with Crippen molar-refractivity contribution >= 4 is 17.8 Å². The summed E-state index contributed by atoms with van der Waals surface area (Å²) < 4.78 is 10.7. The highest BCUT2D eigenvalue weighted by Gasteiger charge is 2.21. The Kier molecular flexibility index (Phi) is 5.22. The lowest BCUT2D eigenvalue weighted by atomic mass is 10.1. The fourth-order valence-electron chi connectivity index (χ4n) is 3.73. The molecule has 2 aromatic carbocycles. The van der Waals surface area contributed by atoms with E-state index < -0.39 is 0 Å². The summed E-state index contributed by atoms with van der Waals surface area (Å²) in [5.74, 6) is 2.34. The zero-order valence-corrected chi connectivity index (χ0v) is 17.0. The van der Waals surface area contributed by atoms with Crippen LogP contribution in [0.5, 0.6) is 11.5 Å². The average molecular weight is 414 g/mol. The highest BCUT2D eigenvalue weighted by Crippen LogP contribution is 2.32. The topological polar surface area (TPSA) is 67.8 Å². The third kappa shape index (κ3) is 4.21. The third-order valence-electron chi connectivity index (χ3n) is 5.45. The van der Waals surface area contributed by atoms with Crippen LogP contribution in [-0.2, 0) is 4.79 Å². The number of amides is 1. The smallest absolute Gasteiger partial charge is 0.246 e. The SMILES string of the molecule is O=C(/C=C\c1ccc2c(c1)OCO2)N1CCN(c2cc(-c3ccccc3)ncn2)CC1. The fourth-order valence-corrected chi connectivity index (χ4v) is 3.73. The van der Waals surface area contributed by atoms with Crippen LogP contribution in [0.15, 0.2) is 67.0 Å². The van der Waals surface area contributed by atoms with Gasteiger partial charge in [-0.3, -0.25) is 4.79 Å². The number of hydrogen-bond acceptors (Lipinski definition) is 6. The Morgan fingerprint density at radius 3 is 2.55 bits per heavy atom. The molecule has 7 nitrogen and oxygen atoms in total. The average Bonchev–Trinajstić information content (AvgIpc) is 3.31. The van der Waals surface area contributed by atoms with Gasteiger partial charge >= 0.3 is 0 Å². The lowest BCUT2D eigenvalue weighted by molar-refractivity contribution is -0.126. The molecule has 0 unspecified atom stereocenters. The number of aromatic nitrogens is 2. The molecule has 3 heterocycles. The molecule has 1 saturated heterocycles. The van der Waals surface area contributed by atoms with Crippen LogP contribution in [0.25, 0.3) is 17.3 Å². The number of fused-ring (bicyclic) bond motifs is 1. The van der Waals surface area contributed by atoms with Crippen molar-refractivity contribution in [3.63, 3.8) is 0 Å². The van der Waals surface area contributed by atoms with Gasteiger partial charge in [0.2, 0.25) is 12.7 Å². The number of piperazine rings is 1. The van der Waals surface area contributed by atoms with Crippen LogP contribution in [0.2, 0.25) is 0 Å². The minimum atomic E-state index is 0.00461. The number of anilines is 1. The number of carbonyl (C=O) groups excluding carboxylic acids is 1. The van der Waals surface area contributed by atoms with Gasteiger partial charge < -0.3 is 19.3 Å². The van der Waals surface area contributed by atoms with Crippen molar-refractivity contribution < 1.29 is 14.3 Å². The van der Waals surface area contributed by atoms with E-state index >= 15 is 0 Å². The Hall–Kier alpha value is -3.87. The van der Waals surface area contributed by atoms with Gasteiger partial charge in [0.25, 0.3) is 0 Å². The molecule has 0 aliphatic carbocycles. The fraction of sp³-hybridized carbons (Fsp3) is 0.208. The molecule has 0 atom stereocenters. The standard InChI is InChI=1S/C24H22N4O3/c29-24(9-7-18-6-8-21-22(14-18)31-17-30-21)28-12-10-27(11-13-28)23-15-20(25-16-26-23)19-4-2-1-3-5-19/h1-9,14-16H,10-13,17H2/b9-7-. The molecule has 31 heavy (non-hydrogen) atoms. The Morgan fingerprint density at radius 2 is 1.71 bits per heavy atom. The molecule has 1 amide bonds. The molecule has 3 aromatic rings. The second-order valence-corrected chi connectivity index (χ2v) is 7.39. The monoisotopic (exact) mass is 414 g/mol. The van der Waals surface area contributed by atoms with Gasteiger partial charge in [-0.1, -0.05) is 36.4 Å². The van der Waals surface area contributed by atoms with Crippen LogP contribution in [0, 0.1) is 0 Å². The summed E-state index contributed by atoms with van der Waals surface area (Å²) in [6.45, 7) is 3.00. The highest BCUT2D eigenvalue weighted by atomic mass is 16.7. The van der Waals surface area contributed by atoms with Crippen molar-refractivity contribution in [3.05, 3.63) is 72.6 Å². The second-order valence-electron chi connectivity index (χ2n) is 7.39. The van der Waals surface area contributed by atoms with Crippen molar-refractivity contribution in [1.82, 2.24) is 14.9 Å². The predicted molar refractivity (Wildman–Crippen MR) is 118 cm³/mol. The number of nitrogens with zero attached hydrogens (tertiary/aromatic N) is 4. The maximum absolute atomic E-state index is 12.6. The molecule has 1 fully saturated rings. The summed E-state index contributed by atoms with van der Waals surface area (Å²) in [5, 5.41) is 0. The lowest BCUT2D eigenvalue weighted by Crippen LogP contribution is -2.48. The molecular formula is C24H22N4O3. The van der Waals surface area contributed by atoms with E-state index in [1.807, 2.05) is 65.6 Å². The van der Waals surface area contributed by atoms with E-state index in [-0.39, 0.29) is 12.7 Å². The van der Waals surface area contributed by atoms with Crippen LogP contribution in [0.1, 0.15) is 5.56 Å². The quantitative estimate of drug-likeness (QED) is 0.611. The molecule has 156 valence electrons. The molecule has 2 aliphatic rings. The molecular weight excluding hydrogens is 392 g/mol. The molecule has 0 saturated carbocycles. The molecule has 5 rings (SSSR count). The normalized spacial score (nSPS) is 15.5. The van der Waals surface area contributed by atoms with Crippen LogP contribution in [0.4, 0.5) is 5.82 Å². The molecule has 0 spiro atoms. The van der Waals surface area contributed by atoms with E-state index in [1.54, 1.807) is 12.4 Å². The van der Waals surface area contributed by atoms with Gasteiger partial charge in [0, 0.05) is 43.9 Å². The number of benzene rings is 2. The van der Waals surface area contributed by atoms with Crippen LogP contribution >= 0.6 is 0 Å². The molecule has 2 aliphatic heterocycles. The van der Waals surface area contributed by atoms with E-state index in [0.29, 0.717) is 18.8 Å². The van der Waals surface area contributed by atoms with E-state index in [0.717, 1.165) is 41.5 Å². The van der Waals surface area contributed by atoms with Gasteiger partial charge in [-0.2, -0.15) is 0 Å². The first kappa shape index (κ1) is 19.1. The van der Waals surface area contributed by atoms with Gasteiger partial charge in [0.1, 0.15) is 12.1 Å². The molecule has 1 aromatic heterocycles. The first-order chi connectivity index (χ1) is 15.3. The van der Waals surface area contributed by atoms with Crippen molar-refractivity contribution in [2.75, 3.05) is 37.9 Å². The Morgan fingerprint density at radius 1 is 0.903 bits per heavy atom. The van der Waals surface area contributed by atoms with Crippen molar-refractivity contribution in [2.24, 2.45) is 0 Å². The maximum Gasteiger partial charge on any atom is 0.246 e. The molecule has 7 heteroatoms. The summed E-state index contributed by atoms with van der Waals surface area (Å²) in [7, 11) is 0. The first-order valence-corrected chi connectivity index (χ1v) is 10.3. The molecule has 0 N–H and O–H groups in total. The second kappa shape index (κ2) is 8.47. The van der Waals surface area contributed by atoms with E-state index in [9.17, 15) is 4.79 Å². The number of carbonyl (C=O) groups is 1. The van der Waals surface area contributed by atoms with E-state index in [2.05, 4.69) is 14.9 Å². The molecule has 0 radical (unpaired) electrons. The highest BCUT2D eigenvalue weighted by molar-refractivity contribution is 5.92. The van der Waals surface area contributed by atoms with E-state index in [4.69, 9.17) is 9.47 Å². The zero-order chi connectivity index (χ0) is 21.0. The summed E-state index contributed by atoms with van der Waals surface area (Å²) in [6, 6.07) is 17.7. The van der Waals surface area contributed by atoms with Gasteiger partial charge in [-0.25, -0.2) is 9.97 Å². The lowest BCUT2D eigenvalue weighted by Gasteiger charge is -2.35. The molecule has 0 bridgehead atoms. The van der Waals surface area contributed by atoms with Crippen LogP contribution in [-0.4, -0.2) is 53.7 Å². The summed E-state index contributed by atoms with van der Waals surface area (Å²) in [6.07, 6.45) is 5.03. The summed E-state index contributed by atoms with van der Waals surface area (Å²) in [5.41, 5.74) is 2.87. The van der Waals surface area contributed by atoms with E-state index in [1.165, 1.54) is 0 Å². The van der Waals surface area contributed by atoms with Crippen molar-refractivity contribution in [1.29, 1.82) is 0 Å². The zero-order valence-electron chi connectivity index (χ0n) is 17.0. The van der Waals surface area contributed by atoms with Gasteiger partial charge in [0.15, 0.2) is 11.5 Å². The van der Waals surface area contributed by atoms with Crippen molar-refractivity contribution in [3.8, 4) is 22.8 Å². The Labute approximate surface area is 180 Å². The van der Waals surface area contributed by atoms with Crippen LogP contribution < -0.4 is 14.4 Å². The van der Waals surface area contributed by atoms with Crippen LogP contribution in [0.3, 0.4) is 0 Å². The number of hydrogen-bond donors (Lipinski definition) is 0.